The van der Waals surface area contributed by atoms with Crippen LogP contribution in [0.15, 0.2) is 60.7 Å². The van der Waals surface area contributed by atoms with Gasteiger partial charge in [-0.15, -0.1) is 10.1 Å². The second-order valence-electron chi connectivity index (χ2n) is 4.24. The Morgan fingerprint density at radius 3 is 1.47 bits per heavy atom. The molecular formula is C14H17O2PS2. The van der Waals surface area contributed by atoms with E-state index in [9.17, 15) is 9.79 Å². The number of hydrogen-bond donors (Lipinski definition) is 3. The van der Waals surface area contributed by atoms with Crippen LogP contribution in [0.5, 0.6) is 0 Å². The highest BCUT2D eigenvalue weighted by atomic mass is 32.9. The highest BCUT2D eigenvalue weighted by Crippen LogP contribution is 2.48. The van der Waals surface area contributed by atoms with E-state index in [1.54, 1.807) is 0 Å². The minimum atomic E-state index is -3.13. The van der Waals surface area contributed by atoms with Crippen LogP contribution >= 0.6 is 17.9 Å². The van der Waals surface area contributed by atoms with Crippen LogP contribution in [0.4, 0.5) is 0 Å². The first-order valence-corrected chi connectivity index (χ1v) is 10.9. The molecule has 2 aromatic rings. The molecule has 0 unspecified atom stereocenters. The van der Waals surface area contributed by atoms with Gasteiger partial charge in [0.15, 0.2) is 5.69 Å². The van der Waals surface area contributed by atoms with E-state index in [0.29, 0.717) is 11.5 Å². The van der Waals surface area contributed by atoms with Crippen molar-refractivity contribution in [2.75, 3.05) is 0 Å². The third kappa shape index (κ3) is 4.83. The summed E-state index contributed by atoms with van der Waals surface area (Å²) in [6.07, 6.45) is 0. The fraction of sp³-hybridized carbons (Fsp3) is 0.143. The van der Waals surface area contributed by atoms with Gasteiger partial charge in [-0.2, -0.15) is 0 Å². The molecule has 2 aromatic carbocycles. The second kappa shape index (κ2) is 6.78. The largest absolute Gasteiger partial charge is 0.341 e. The third-order valence-corrected chi connectivity index (χ3v) is 9.66. The maximum absolute atomic E-state index is 9.94. The number of thiol groups is 1. The highest BCUT2D eigenvalue weighted by Gasteiger charge is 2.12. The molecule has 0 fully saturated rings. The average Bonchev–Trinajstić information content (AvgIpc) is 2.39. The van der Waals surface area contributed by atoms with Crippen molar-refractivity contribution in [1.29, 1.82) is 0 Å². The van der Waals surface area contributed by atoms with Crippen molar-refractivity contribution in [1.82, 2.24) is 0 Å². The molecule has 0 saturated heterocycles. The van der Waals surface area contributed by atoms with Crippen LogP contribution in [0.2, 0.25) is 0 Å². The predicted molar refractivity (Wildman–Crippen MR) is 88.0 cm³/mol. The summed E-state index contributed by atoms with van der Waals surface area (Å²) in [7, 11) is -0.557. The molecule has 2 nitrogen and oxygen atoms in total. The molecule has 0 amide bonds. The van der Waals surface area contributed by atoms with Crippen LogP contribution in [0.3, 0.4) is 0 Å². The molecule has 0 bridgehead atoms. The van der Waals surface area contributed by atoms with Gasteiger partial charge >= 0.3 is 0 Å². The van der Waals surface area contributed by atoms with Gasteiger partial charge in [-0.1, -0.05) is 72.9 Å². The molecule has 0 aromatic heterocycles. The molecular weight excluding hydrogens is 295 g/mol. The normalized spacial score (nSPS) is 11.8. The maximum atomic E-state index is 9.94. The molecule has 0 aliphatic carbocycles. The van der Waals surface area contributed by atoms with Gasteiger partial charge in [0.05, 0.1) is 0 Å². The van der Waals surface area contributed by atoms with Gasteiger partial charge in [0.1, 0.15) is 0 Å². The van der Waals surface area contributed by atoms with Gasteiger partial charge in [-0.25, -0.2) is 0 Å². The van der Waals surface area contributed by atoms with Gasteiger partial charge < -0.3 is 9.79 Å². The molecule has 102 valence electrons. The molecule has 5 heteroatoms. The lowest BCUT2D eigenvalue weighted by Gasteiger charge is -2.16. The molecule has 0 saturated carbocycles. The van der Waals surface area contributed by atoms with Crippen LogP contribution < -0.4 is 0 Å². The Morgan fingerprint density at radius 2 is 1.16 bits per heavy atom. The van der Waals surface area contributed by atoms with E-state index in [2.05, 4.69) is 12.2 Å². The summed E-state index contributed by atoms with van der Waals surface area (Å²) in [4.78, 5) is 19.9. The van der Waals surface area contributed by atoms with E-state index >= 15 is 0 Å². The minimum absolute atomic E-state index is 0.557. The van der Waals surface area contributed by atoms with Gasteiger partial charge in [-0.05, 0) is 11.1 Å². The van der Waals surface area contributed by atoms with Crippen molar-refractivity contribution in [2.24, 2.45) is 0 Å². The lowest BCUT2D eigenvalue weighted by Crippen LogP contribution is -2.01. The fourth-order valence-corrected chi connectivity index (χ4v) is 6.33. The lowest BCUT2D eigenvalue weighted by molar-refractivity contribution is 0.502. The molecule has 19 heavy (non-hydrogen) atoms. The summed E-state index contributed by atoms with van der Waals surface area (Å²) in [6.45, 7) is 0. The minimum Gasteiger partial charge on any atom is -0.341 e. The Morgan fingerprint density at radius 1 is 0.789 bits per heavy atom. The molecule has 0 radical (unpaired) electrons. The van der Waals surface area contributed by atoms with Crippen LogP contribution in [-0.2, 0) is 21.6 Å². The summed E-state index contributed by atoms with van der Waals surface area (Å²) < 4.78 is 0. The maximum Gasteiger partial charge on any atom is 0.199 e. The van der Waals surface area contributed by atoms with E-state index in [1.807, 2.05) is 60.7 Å². The van der Waals surface area contributed by atoms with E-state index in [-0.39, 0.29) is 0 Å². The highest BCUT2D eigenvalue weighted by molar-refractivity contribution is 8.65. The first-order valence-electron chi connectivity index (χ1n) is 5.89. The van der Waals surface area contributed by atoms with Crippen molar-refractivity contribution in [2.45, 2.75) is 11.5 Å². The van der Waals surface area contributed by atoms with E-state index in [4.69, 9.17) is 0 Å². The molecule has 0 aliphatic rings. The summed E-state index contributed by atoms with van der Waals surface area (Å²) >= 11 is 4.04. The number of benzene rings is 2. The first-order chi connectivity index (χ1) is 9.05. The molecule has 0 heterocycles. The topological polar surface area (TPSA) is 40.5 Å². The van der Waals surface area contributed by atoms with Gasteiger partial charge in [-0.3, -0.25) is 0 Å². The third-order valence-electron chi connectivity index (χ3n) is 2.70. The Hall–Kier alpha value is -0.510. The summed E-state index contributed by atoms with van der Waals surface area (Å²) in [6, 6.07) is 19.8. The SMILES string of the molecule is OP(O)(S)=S(Cc1ccccc1)Cc1ccccc1. The Balaban J connectivity index is 2.25. The van der Waals surface area contributed by atoms with Gasteiger partial charge in [0.25, 0.3) is 0 Å². The predicted octanol–water partition coefficient (Wildman–Crippen LogP) is 3.60. The molecule has 0 aliphatic heterocycles. The zero-order valence-electron chi connectivity index (χ0n) is 10.4. The summed E-state index contributed by atoms with van der Waals surface area (Å²) in [5.74, 6) is 1.31. The molecule has 0 atom stereocenters. The Kier molecular flexibility index (Phi) is 5.31. The number of hydrogen-bond acceptors (Lipinski definition) is 0. The first kappa shape index (κ1) is 14.9. The van der Waals surface area contributed by atoms with Crippen molar-refractivity contribution >= 4 is 28.0 Å². The molecule has 2 N–H and O–H groups in total. The zero-order valence-corrected chi connectivity index (χ0v) is 13.0. The average molecular weight is 312 g/mol. The van der Waals surface area contributed by atoms with Crippen LogP contribution in [0.25, 0.3) is 0 Å². The van der Waals surface area contributed by atoms with Gasteiger partial charge in [0, 0.05) is 11.5 Å². The lowest BCUT2D eigenvalue weighted by atomic mass is 10.2. The monoisotopic (exact) mass is 312 g/mol. The van der Waals surface area contributed by atoms with Crippen molar-refractivity contribution < 1.29 is 9.79 Å². The van der Waals surface area contributed by atoms with Crippen molar-refractivity contribution in [3.8, 4) is 0 Å². The van der Waals surface area contributed by atoms with Gasteiger partial charge in [0.2, 0.25) is 0 Å². The quantitative estimate of drug-likeness (QED) is 0.596. The number of rotatable bonds is 4. The zero-order chi connectivity index (χ0) is 13.7. The molecule has 2 rings (SSSR count). The van der Waals surface area contributed by atoms with E-state index in [1.165, 1.54) is 0 Å². The second-order valence-corrected chi connectivity index (χ2v) is 12.3. The summed E-state index contributed by atoms with van der Waals surface area (Å²) in [5.41, 5.74) is -0.906. The van der Waals surface area contributed by atoms with E-state index in [0.717, 1.165) is 11.1 Å². The smallest absolute Gasteiger partial charge is 0.199 e. The Labute approximate surface area is 121 Å². The standard InChI is InChI=1S/C14H17O2PS2/c15-17(16,18)19(11-13-7-3-1-4-8-13)12-14-9-5-2-6-10-14/h1-10,15-16,18H,11-12H2. The van der Waals surface area contributed by atoms with Crippen molar-refractivity contribution in [3.05, 3.63) is 71.8 Å². The Bertz CT molecular complexity index is 527. The van der Waals surface area contributed by atoms with E-state index < -0.39 is 15.8 Å². The van der Waals surface area contributed by atoms with Crippen molar-refractivity contribution in [3.63, 3.8) is 0 Å². The van der Waals surface area contributed by atoms with Crippen LogP contribution in [0, 0.1) is 0 Å². The summed E-state index contributed by atoms with van der Waals surface area (Å²) in [5, 5.41) is 0. The van der Waals surface area contributed by atoms with Crippen LogP contribution in [0.1, 0.15) is 11.1 Å². The fourth-order valence-electron chi connectivity index (χ4n) is 1.76. The van der Waals surface area contributed by atoms with Crippen LogP contribution in [-0.4, -0.2) is 9.79 Å². The molecule has 0 spiro atoms.